The van der Waals surface area contributed by atoms with Crippen molar-refractivity contribution in [3.05, 3.63) is 36.2 Å². The Hall–Kier alpha value is -2.45. The summed E-state index contributed by atoms with van der Waals surface area (Å²) >= 11 is 0. The van der Waals surface area contributed by atoms with Crippen LogP contribution in [0.2, 0.25) is 0 Å². The number of alkyl halides is 4. The number of rotatable bonds is 7. The number of benzene rings is 1. The lowest BCUT2D eigenvalue weighted by atomic mass is 10.2. The van der Waals surface area contributed by atoms with E-state index in [0.29, 0.717) is 11.3 Å². The monoisotopic (exact) mass is 305 g/mol. The minimum Gasteiger partial charge on any atom is -0.435 e. The first kappa shape index (κ1) is 14.9. The molecule has 0 saturated carbocycles. The average Bonchev–Trinajstić information content (AvgIpc) is 2.89. The van der Waals surface area contributed by atoms with Gasteiger partial charge in [0.1, 0.15) is 11.5 Å². The molecule has 0 radical (unpaired) electrons. The number of ether oxygens (including phenoxy) is 2. The van der Waals surface area contributed by atoms with E-state index < -0.39 is 13.2 Å². The largest absolute Gasteiger partial charge is 0.435 e. The van der Waals surface area contributed by atoms with Gasteiger partial charge in [-0.1, -0.05) is 0 Å². The van der Waals surface area contributed by atoms with Crippen LogP contribution in [0.4, 0.5) is 23.2 Å². The highest BCUT2D eigenvalue weighted by molar-refractivity contribution is 5.45. The Morgan fingerprint density at radius 3 is 2.52 bits per heavy atom. The summed E-state index contributed by atoms with van der Waals surface area (Å²) in [6, 6.07) is 3.60. The zero-order valence-electron chi connectivity index (χ0n) is 10.5. The Labute approximate surface area is 116 Å². The Bertz CT molecular complexity index is 564. The molecule has 2 aromatic rings. The minimum absolute atomic E-state index is 0.149. The third-order valence-corrected chi connectivity index (χ3v) is 2.46. The quantitative estimate of drug-likeness (QED) is 0.771. The fourth-order valence-corrected chi connectivity index (χ4v) is 1.61. The van der Waals surface area contributed by atoms with Gasteiger partial charge in [0.05, 0.1) is 11.9 Å². The maximum atomic E-state index is 12.4. The molecule has 9 heteroatoms. The van der Waals surface area contributed by atoms with Crippen molar-refractivity contribution < 1.29 is 27.0 Å². The van der Waals surface area contributed by atoms with Gasteiger partial charge in [0.15, 0.2) is 0 Å². The van der Waals surface area contributed by atoms with E-state index in [4.69, 9.17) is 0 Å². The molecule has 0 amide bonds. The van der Waals surface area contributed by atoms with Crippen molar-refractivity contribution in [2.24, 2.45) is 0 Å². The van der Waals surface area contributed by atoms with Gasteiger partial charge in [0, 0.05) is 24.4 Å². The molecule has 1 heterocycles. The zero-order valence-corrected chi connectivity index (χ0v) is 10.5. The van der Waals surface area contributed by atoms with Crippen molar-refractivity contribution in [3.8, 4) is 11.5 Å². The SMILES string of the molecule is FC(F)Oc1ccc(CNc2cn[nH]c2)c(OC(F)F)c1. The number of aromatic nitrogens is 2. The number of hydrogen-bond acceptors (Lipinski definition) is 4. The molecule has 1 aromatic carbocycles. The van der Waals surface area contributed by atoms with Crippen molar-refractivity contribution in [3.63, 3.8) is 0 Å². The lowest BCUT2D eigenvalue weighted by Crippen LogP contribution is -2.08. The molecule has 0 aliphatic carbocycles. The first-order valence-electron chi connectivity index (χ1n) is 5.80. The molecule has 0 atom stereocenters. The molecule has 0 aliphatic rings. The molecule has 0 fully saturated rings. The van der Waals surface area contributed by atoms with Crippen LogP contribution in [0.15, 0.2) is 30.6 Å². The van der Waals surface area contributed by atoms with E-state index in [0.717, 1.165) is 6.07 Å². The van der Waals surface area contributed by atoms with E-state index in [1.807, 2.05) is 0 Å². The van der Waals surface area contributed by atoms with Gasteiger partial charge in [0.25, 0.3) is 0 Å². The Kier molecular flexibility index (Phi) is 4.85. The van der Waals surface area contributed by atoms with E-state index >= 15 is 0 Å². The van der Waals surface area contributed by atoms with E-state index in [1.165, 1.54) is 18.3 Å². The van der Waals surface area contributed by atoms with Crippen LogP contribution in [0.1, 0.15) is 5.56 Å². The van der Waals surface area contributed by atoms with Gasteiger partial charge in [-0.15, -0.1) is 0 Å². The second-order valence-electron chi connectivity index (χ2n) is 3.87. The standard InChI is InChI=1S/C12H11F4N3O2/c13-11(14)20-9-2-1-7(10(3-9)21-12(15)16)4-17-8-5-18-19-6-8/h1-3,5-6,11-12,17H,4H2,(H,18,19). The normalized spacial score (nSPS) is 11.0. The van der Waals surface area contributed by atoms with Crippen LogP contribution in [-0.4, -0.2) is 23.4 Å². The van der Waals surface area contributed by atoms with Crippen molar-refractivity contribution >= 4 is 5.69 Å². The zero-order chi connectivity index (χ0) is 15.2. The molecule has 0 bridgehead atoms. The van der Waals surface area contributed by atoms with Crippen LogP contribution in [0.5, 0.6) is 11.5 Å². The van der Waals surface area contributed by atoms with Gasteiger partial charge < -0.3 is 14.8 Å². The molecular weight excluding hydrogens is 294 g/mol. The fourth-order valence-electron chi connectivity index (χ4n) is 1.61. The number of halogens is 4. The summed E-state index contributed by atoms with van der Waals surface area (Å²) in [5, 5.41) is 9.19. The summed E-state index contributed by atoms with van der Waals surface area (Å²) in [6.45, 7) is -5.96. The molecule has 2 N–H and O–H groups in total. The molecule has 0 spiro atoms. The van der Waals surface area contributed by atoms with Crippen molar-refractivity contribution in [2.45, 2.75) is 19.8 Å². The molecule has 21 heavy (non-hydrogen) atoms. The van der Waals surface area contributed by atoms with Crippen LogP contribution in [-0.2, 0) is 6.54 Å². The van der Waals surface area contributed by atoms with Gasteiger partial charge in [-0.05, 0) is 12.1 Å². The Morgan fingerprint density at radius 2 is 1.90 bits per heavy atom. The van der Waals surface area contributed by atoms with Crippen molar-refractivity contribution in [1.82, 2.24) is 10.2 Å². The van der Waals surface area contributed by atoms with Crippen molar-refractivity contribution in [2.75, 3.05) is 5.32 Å². The number of nitrogens with zero attached hydrogens (tertiary/aromatic N) is 1. The van der Waals surface area contributed by atoms with Gasteiger partial charge in [-0.25, -0.2) is 0 Å². The van der Waals surface area contributed by atoms with Crippen LogP contribution in [0.25, 0.3) is 0 Å². The van der Waals surface area contributed by atoms with Crippen LogP contribution in [0, 0.1) is 0 Å². The summed E-state index contributed by atoms with van der Waals surface area (Å²) in [5.41, 5.74) is 1.00. The van der Waals surface area contributed by atoms with Crippen molar-refractivity contribution in [1.29, 1.82) is 0 Å². The second-order valence-corrected chi connectivity index (χ2v) is 3.87. The third kappa shape index (κ3) is 4.55. The number of hydrogen-bond donors (Lipinski definition) is 2. The van der Waals surface area contributed by atoms with Crippen LogP contribution < -0.4 is 14.8 Å². The summed E-state index contributed by atoms with van der Waals surface area (Å²) in [6.07, 6.45) is 3.07. The smallest absolute Gasteiger partial charge is 0.387 e. The van der Waals surface area contributed by atoms with Gasteiger partial charge in [-0.3, -0.25) is 5.10 Å². The summed E-state index contributed by atoms with van der Waals surface area (Å²) < 4.78 is 57.4. The predicted octanol–water partition coefficient (Wildman–Crippen LogP) is 3.22. The molecular formula is C12H11F4N3O2. The maximum absolute atomic E-state index is 12.4. The number of nitrogens with one attached hydrogen (secondary N) is 2. The van der Waals surface area contributed by atoms with Crippen LogP contribution in [0.3, 0.4) is 0 Å². The molecule has 0 aliphatic heterocycles. The Morgan fingerprint density at radius 1 is 1.14 bits per heavy atom. The first-order chi connectivity index (χ1) is 10.0. The third-order valence-electron chi connectivity index (χ3n) is 2.46. The molecule has 0 unspecified atom stereocenters. The fraction of sp³-hybridized carbons (Fsp3) is 0.250. The van der Waals surface area contributed by atoms with Gasteiger partial charge >= 0.3 is 13.2 Å². The number of aromatic amines is 1. The predicted molar refractivity (Wildman–Crippen MR) is 65.6 cm³/mol. The molecule has 0 saturated heterocycles. The number of anilines is 1. The molecule has 114 valence electrons. The minimum atomic E-state index is -3.07. The lowest BCUT2D eigenvalue weighted by Gasteiger charge is -2.13. The van der Waals surface area contributed by atoms with E-state index in [9.17, 15) is 17.6 Å². The van der Waals surface area contributed by atoms with Gasteiger partial charge in [-0.2, -0.15) is 22.7 Å². The van der Waals surface area contributed by atoms with Crippen LogP contribution >= 0.6 is 0 Å². The molecule has 2 rings (SSSR count). The Balaban J connectivity index is 2.13. The highest BCUT2D eigenvalue weighted by atomic mass is 19.3. The summed E-state index contributed by atoms with van der Waals surface area (Å²) in [5.74, 6) is -0.494. The molecule has 1 aromatic heterocycles. The average molecular weight is 305 g/mol. The highest BCUT2D eigenvalue weighted by Gasteiger charge is 2.13. The summed E-state index contributed by atoms with van der Waals surface area (Å²) in [7, 11) is 0. The number of H-pyrrole nitrogens is 1. The van der Waals surface area contributed by atoms with E-state index in [1.54, 1.807) is 6.20 Å². The molecule has 5 nitrogen and oxygen atoms in total. The topological polar surface area (TPSA) is 59.2 Å². The summed E-state index contributed by atoms with van der Waals surface area (Å²) in [4.78, 5) is 0. The second kappa shape index (κ2) is 6.82. The van der Waals surface area contributed by atoms with E-state index in [-0.39, 0.29) is 18.0 Å². The van der Waals surface area contributed by atoms with E-state index in [2.05, 4.69) is 25.0 Å². The lowest BCUT2D eigenvalue weighted by molar-refractivity contribution is -0.0546. The first-order valence-corrected chi connectivity index (χ1v) is 5.80. The highest BCUT2D eigenvalue weighted by Crippen LogP contribution is 2.28. The van der Waals surface area contributed by atoms with Gasteiger partial charge in [0.2, 0.25) is 0 Å². The maximum Gasteiger partial charge on any atom is 0.387 e.